The third-order valence-electron chi connectivity index (χ3n) is 2.00. The van der Waals surface area contributed by atoms with Gasteiger partial charge in [-0.15, -0.1) is 0 Å². The van der Waals surface area contributed by atoms with Crippen LogP contribution in [0.4, 0.5) is 0 Å². The van der Waals surface area contributed by atoms with Crippen molar-refractivity contribution in [2.24, 2.45) is 0 Å². The van der Waals surface area contributed by atoms with Crippen molar-refractivity contribution in [2.75, 3.05) is 7.11 Å². The molecule has 1 rings (SSSR count). The van der Waals surface area contributed by atoms with Gasteiger partial charge >= 0.3 is 0 Å². The smallest absolute Gasteiger partial charge is 0.160 e. The Morgan fingerprint density at radius 1 is 1.29 bits per heavy atom. The number of phenolic OH excluding ortho intramolecular Hbond substituents is 1. The molecule has 0 aliphatic carbocycles. The highest BCUT2D eigenvalue weighted by atomic mass is 16.5. The summed E-state index contributed by atoms with van der Waals surface area (Å²) in [7, 11) is 1.42. The van der Waals surface area contributed by atoms with Crippen molar-refractivity contribution >= 4 is 0 Å². The molecule has 2 atom stereocenters. The number of aliphatic hydroxyl groups excluding tert-OH is 2. The fourth-order valence-corrected chi connectivity index (χ4v) is 1.16. The number of methoxy groups -OCH3 is 1. The van der Waals surface area contributed by atoms with Gasteiger partial charge in [-0.1, -0.05) is 6.07 Å². The van der Waals surface area contributed by atoms with Crippen molar-refractivity contribution in [1.82, 2.24) is 0 Å². The van der Waals surface area contributed by atoms with E-state index >= 15 is 0 Å². The standard InChI is InChI=1S/C10H14O4/c1-6(11)10(13)7-3-4-8(12)9(5-7)14-2/h3-6,10-13H,1-2H3/t6-,10+/m1/s1. The Kier molecular flexibility index (Phi) is 3.33. The molecular formula is C10H14O4. The zero-order valence-corrected chi connectivity index (χ0v) is 8.14. The maximum Gasteiger partial charge on any atom is 0.160 e. The topological polar surface area (TPSA) is 69.9 Å². The number of aliphatic hydroxyl groups is 2. The Bertz CT molecular complexity index is 309. The van der Waals surface area contributed by atoms with E-state index in [0.29, 0.717) is 5.56 Å². The summed E-state index contributed by atoms with van der Waals surface area (Å²) in [5.41, 5.74) is 0.509. The largest absolute Gasteiger partial charge is 0.504 e. The molecule has 0 saturated heterocycles. The number of benzene rings is 1. The van der Waals surface area contributed by atoms with Crippen molar-refractivity contribution in [3.63, 3.8) is 0 Å². The molecular weight excluding hydrogens is 184 g/mol. The SMILES string of the molecule is COc1cc([C@@H](O)[C@@H](C)O)ccc1O. The van der Waals surface area contributed by atoms with E-state index < -0.39 is 12.2 Å². The fraction of sp³-hybridized carbons (Fsp3) is 0.400. The highest BCUT2D eigenvalue weighted by molar-refractivity contribution is 5.42. The van der Waals surface area contributed by atoms with E-state index in [9.17, 15) is 10.2 Å². The van der Waals surface area contributed by atoms with Crippen molar-refractivity contribution < 1.29 is 20.1 Å². The van der Waals surface area contributed by atoms with Crippen LogP contribution in [0.2, 0.25) is 0 Å². The van der Waals surface area contributed by atoms with Crippen molar-refractivity contribution in [3.8, 4) is 11.5 Å². The molecule has 78 valence electrons. The Hall–Kier alpha value is -1.26. The van der Waals surface area contributed by atoms with Crippen LogP contribution in [0, 0.1) is 0 Å². The second-order valence-corrected chi connectivity index (χ2v) is 3.12. The van der Waals surface area contributed by atoms with Crippen molar-refractivity contribution in [1.29, 1.82) is 0 Å². The predicted molar refractivity (Wildman–Crippen MR) is 51.3 cm³/mol. The van der Waals surface area contributed by atoms with Crippen LogP contribution in [0.25, 0.3) is 0 Å². The summed E-state index contributed by atoms with van der Waals surface area (Å²) in [4.78, 5) is 0. The summed E-state index contributed by atoms with van der Waals surface area (Å²) in [5, 5.41) is 28.0. The highest BCUT2D eigenvalue weighted by Gasteiger charge is 2.15. The number of rotatable bonds is 3. The monoisotopic (exact) mass is 198 g/mol. The Balaban J connectivity index is 3.00. The fourth-order valence-electron chi connectivity index (χ4n) is 1.16. The zero-order valence-electron chi connectivity index (χ0n) is 8.14. The summed E-state index contributed by atoms with van der Waals surface area (Å²) in [5.74, 6) is 0.288. The summed E-state index contributed by atoms with van der Waals surface area (Å²) in [6.07, 6.45) is -1.83. The third-order valence-corrected chi connectivity index (χ3v) is 2.00. The Labute approximate surface area is 82.4 Å². The Morgan fingerprint density at radius 2 is 1.93 bits per heavy atom. The lowest BCUT2D eigenvalue weighted by Gasteiger charge is -2.15. The predicted octanol–water partition coefficient (Wildman–Crippen LogP) is 0.815. The highest BCUT2D eigenvalue weighted by Crippen LogP contribution is 2.29. The first kappa shape index (κ1) is 10.8. The first-order valence-corrected chi connectivity index (χ1v) is 4.29. The van der Waals surface area contributed by atoms with Crippen LogP contribution in [0.15, 0.2) is 18.2 Å². The van der Waals surface area contributed by atoms with Crippen LogP contribution in [0.5, 0.6) is 11.5 Å². The van der Waals surface area contributed by atoms with E-state index in [0.717, 1.165) is 0 Å². The minimum atomic E-state index is -0.968. The lowest BCUT2D eigenvalue weighted by Crippen LogP contribution is -2.13. The molecule has 3 N–H and O–H groups in total. The average molecular weight is 198 g/mol. The van der Waals surface area contributed by atoms with Crippen molar-refractivity contribution in [3.05, 3.63) is 23.8 Å². The molecule has 0 bridgehead atoms. The molecule has 0 heterocycles. The van der Waals surface area contributed by atoms with Gasteiger partial charge in [-0.3, -0.25) is 0 Å². The van der Waals surface area contributed by atoms with Gasteiger partial charge in [-0.05, 0) is 24.6 Å². The normalized spacial score (nSPS) is 14.9. The second kappa shape index (κ2) is 4.30. The second-order valence-electron chi connectivity index (χ2n) is 3.12. The number of hydrogen-bond acceptors (Lipinski definition) is 4. The lowest BCUT2D eigenvalue weighted by molar-refractivity contribution is 0.0304. The molecule has 1 aromatic carbocycles. The number of phenols is 1. The first-order chi connectivity index (χ1) is 6.56. The summed E-state index contributed by atoms with van der Waals surface area (Å²) in [6.45, 7) is 1.49. The summed E-state index contributed by atoms with van der Waals surface area (Å²) < 4.78 is 4.87. The molecule has 0 aliphatic heterocycles. The van der Waals surface area contributed by atoms with Gasteiger partial charge in [0.15, 0.2) is 11.5 Å². The van der Waals surface area contributed by atoms with E-state index in [1.807, 2.05) is 0 Å². The van der Waals surface area contributed by atoms with E-state index in [1.54, 1.807) is 0 Å². The number of ether oxygens (including phenoxy) is 1. The minimum absolute atomic E-state index is 0.00837. The molecule has 0 saturated carbocycles. The molecule has 0 unspecified atom stereocenters. The quantitative estimate of drug-likeness (QED) is 0.672. The molecule has 0 amide bonds. The molecule has 4 nitrogen and oxygen atoms in total. The molecule has 0 radical (unpaired) electrons. The molecule has 4 heteroatoms. The molecule has 1 aromatic rings. The van der Waals surface area contributed by atoms with Crippen LogP contribution in [-0.2, 0) is 0 Å². The van der Waals surface area contributed by atoms with Gasteiger partial charge in [0, 0.05) is 0 Å². The molecule has 0 aromatic heterocycles. The van der Waals surface area contributed by atoms with Gasteiger partial charge in [-0.25, -0.2) is 0 Å². The third kappa shape index (κ3) is 2.16. The van der Waals surface area contributed by atoms with Crippen LogP contribution >= 0.6 is 0 Å². The summed E-state index contributed by atoms with van der Waals surface area (Å²) in [6, 6.07) is 4.45. The average Bonchev–Trinajstić information content (AvgIpc) is 2.17. The van der Waals surface area contributed by atoms with E-state index in [1.165, 1.54) is 32.2 Å². The van der Waals surface area contributed by atoms with Crippen LogP contribution in [0.3, 0.4) is 0 Å². The minimum Gasteiger partial charge on any atom is -0.504 e. The molecule has 0 fully saturated rings. The van der Waals surface area contributed by atoms with Crippen LogP contribution in [-0.4, -0.2) is 28.5 Å². The van der Waals surface area contributed by atoms with Gasteiger partial charge < -0.3 is 20.1 Å². The summed E-state index contributed by atoms with van der Waals surface area (Å²) >= 11 is 0. The van der Waals surface area contributed by atoms with E-state index in [4.69, 9.17) is 9.84 Å². The number of aromatic hydroxyl groups is 1. The molecule has 14 heavy (non-hydrogen) atoms. The van der Waals surface area contributed by atoms with Gasteiger partial charge in [0.2, 0.25) is 0 Å². The molecule has 0 aliphatic rings. The zero-order chi connectivity index (χ0) is 10.7. The first-order valence-electron chi connectivity index (χ1n) is 4.29. The van der Waals surface area contributed by atoms with Crippen LogP contribution in [0.1, 0.15) is 18.6 Å². The Morgan fingerprint density at radius 3 is 2.43 bits per heavy atom. The molecule has 0 spiro atoms. The van der Waals surface area contributed by atoms with E-state index in [-0.39, 0.29) is 11.5 Å². The van der Waals surface area contributed by atoms with Crippen LogP contribution < -0.4 is 4.74 Å². The van der Waals surface area contributed by atoms with Gasteiger partial charge in [0.1, 0.15) is 6.10 Å². The van der Waals surface area contributed by atoms with Crippen molar-refractivity contribution in [2.45, 2.75) is 19.1 Å². The lowest BCUT2D eigenvalue weighted by atomic mass is 10.1. The number of hydrogen-bond donors (Lipinski definition) is 3. The van der Waals surface area contributed by atoms with Gasteiger partial charge in [0.25, 0.3) is 0 Å². The van der Waals surface area contributed by atoms with E-state index in [2.05, 4.69) is 0 Å². The van der Waals surface area contributed by atoms with Gasteiger partial charge in [0.05, 0.1) is 13.2 Å². The van der Waals surface area contributed by atoms with Gasteiger partial charge in [-0.2, -0.15) is 0 Å². The maximum absolute atomic E-state index is 9.52. The maximum atomic E-state index is 9.52.